The molecule has 2 aromatic carbocycles. The lowest BCUT2D eigenvalue weighted by Gasteiger charge is -2.32. The summed E-state index contributed by atoms with van der Waals surface area (Å²) < 4.78 is 17.4. The molecule has 4 N–H and O–H groups in total. The van der Waals surface area contributed by atoms with E-state index in [1.165, 1.54) is 0 Å². The zero-order valence-corrected chi connectivity index (χ0v) is 22.9. The SMILES string of the molecule is CC(C)[C@@H](NC(=O)OCc1ccccc1)C(=O)N[C@@H](Cc1ccc(B2OC(C)(C)C(C)(C)O2)cc1)C(N)=O. The highest BCUT2D eigenvalue weighted by atomic mass is 16.7. The van der Waals surface area contributed by atoms with Crippen LogP contribution in [0.1, 0.15) is 52.7 Å². The molecule has 1 heterocycles. The molecular formula is C28H38BN3O6. The fraction of sp³-hybridized carbons (Fsp3) is 0.464. The van der Waals surface area contributed by atoms with E-state index < -0.39 is 48.3 Å². The third-order valence-corrected chi connectivity index (χ3v) is 7.04. The number of amides is 3. The Labute approximate surface area is 224 Å². The van der Waals surface area contributed by atoms with Crippen molar-refractivity contribution in [2.45, 2.75) is 77.9 Å². The van der Waals surface area contributed by atoms with Crippen molar-refractivity contribution in [1.82, 2.24) is 10.6 Å². The van der Waals surface area contributed by atoms with Gasteiger partial charge in [-0.2, -0.15) is 0 Å². The molecular weight excluding hydrogens is 485 g/mol. The molecule has 9 nitrogen and oxygen atoms in total. The molecule has 1 aliphatic rings. The quantitative estimate of drug-likeness (QED) is 0.411. The minimum absolute atomic E-state index is 0.0743. The highest BCUT2D eigenvalue weighted by Gasteiger charge is 2.51. The van der Waals surface area contributed by atoms with Gasteiger partial charge in [-0.25, -0.2) is 4.79 Å². The van der Waals surface area contributed by atoms with Gasteiger partial charge in [0.15, 0.2) is 0 Å². The van der Waals surface area contributed by atoms with Crippen LogP contribution in [0.15, 0.2) is 54.6 Å². The van der Waals surface area contributed by atoms with Crippen molar-refractivity contribution in [3.63, 3.8) is 0 Å². The average molecular weight is 523 g/mol. The van der Waals surface area contributed by atoms with Crippen molar-refractivity contribution in [1.29, 1.82) is 0 Å². The van der Waals surface area contributed by atoms with Gasteiger partial charge in [-0.3, -0.25) is 9.59 Å². The van der Waals surface area contributed by atoms with Crippen molar-refractivity contribution in [2.24, 2.45) is 11.7 Å². The Bertz CT molecular complexity index is 1110. The van der Waals surface area contributed by atoms with E-state index >= 15 is 0 Å². The standard InChI is InChI=1S/C28H38BN3O6/c1-18(2)23(32-26(35)36-17-20-10-8-7-9-11-20)25(34)31-22(24(30)33)16-19-12-14-21(15-13-19)29-37-27(3,4)28(5,6)38-29/h7-15,18,22-23H,16-17H2,1-6H3,(H2,30,33)(H,31,34)(H,32,35)/t22-,23+/m0/s1. The number of carbonyl (C=O) groups is 3. The van der Waals surface area contributed by atoms with Gasteiger partial charge in [-0.05, 0) is 50.2 Å². The van der Waals surface area contributed by atoms with Crippen LogP contribution < -0.4 is 21.8 Å². The zero-order valence-electron chi connectivity index (χ0n) is 22.9. The van der Waals surface area contributed by atoms with E-state index in [9.17, 15) is 14.4 Å². The molecule has 1 aliphatic heterocycles. The Balaban J connectivity index is 1.60. The summed E-state index contributed by atoms with van der Waals surface area (Å²) in [6.45, 7) is 11.6. The zero-order chi connectivity index (χ0) is 28.1. The first kappa shape index (κ1) is 29.2. The van der Waals surface area contributed by atoms with E-state index in [-0.39, 0.29) is 18.9 Å². The number of hydrogen-bond donors (Lipinski definition) is 3. The monoisotopic (exact) mass is 523 g/mol. The number of ether oxygens (including phenoxy) is 1. The third kappa shape index (κ3) is 7.36. The highest BCUT2D eigenvalue weighted by molar-refractivity contribution is 6.62. The number of rotatable bonds is 10. The maximum atomic E-state index is 13.0. The van der Waals surface area contributed by atoms with Crippen molar-refractivity contribution in [2.75, 3.05) is 0 Å². The van der Waals surface area contributed by atoms with Crippen LogP contribution in [-0.4, -0.2) is 48.3 Å². The van der Waals surface area contributed by atoms with Gasteiger partial charge in [0.2, 0.25) is 11.8 Å². The molecule has 3 amide bonds. The topological polar surface area (TPSA) is 129 Å². The normalized spacial score (nSPS) is 17.5. The van der Waals surface area contributed by atoms with Crippen LogP contribution in [0.4, 0.5) is 4.79 Å². The number of hydrogen-bond acceptors (Lipinski definition) is 6. The molecule has 1 fully saturated rings. The van der Waals surface area contributed by atoms with Gasteiger partial charge in [0, 0.05) is 6.42 Å². The van der Waals surface area contributed by atoms with Crippen molar-refractivity contribution < 1.29 is 28.4 Å². The summed E-state index contributed by atoms with van der Waals surface area (Å²) in [4.78, 5) is 37.6. The number of benzene rings is 2. The Morgan fingerprint density at radius 1 is 0.895 bits per heavy atom. The van der Waals surface area contributed by atoms with Gasteiger partial charge in [-0.1, -0.05) is 68.4 Å². The number of nitrogens with one attached hydrogen (secondary N) is 2. The van der Waals surface area contributed by atoms with Gasteiger partial charge in [0.25, 0.3) is 0 Å². The first-order chi connectivity index (χ1) is 17.8. The van der Waals surface area contributed by atoms with Crippen LogP contribution in [0.5, 0.6) is 0 Å². The summed E-state index contributed by atoms with van der Waals surface area (Å²) in [6.07, 6.45) is -0.537. The third-order valence-electron chi connectivity index (χ3n) is 7.04. The molecule has 0 saturated carbocycles. The van der Waals surface area contributed by atoms with Crippen LogP contribution in [0.3, 0.4) is 0 Å². The van der Waals surface area contributed by atoms with E-state index in [0.29, 0.717) is 0 Å². The molecule has 204 valence electrons. The fourth-order valence-electron chi connectivity index (χ4n) is 3.94. The lowest BCUT2D eigenvalue weighted by atomic mass is 9.78. The summed E-state index contributed by atoms with van der Waals surface area (Å²) in [6, 6.07) is 14.8. The van der Waals surface area contributed by atoms with E-state index in [4.69, 9.17) is 19.8 Å². The largest absolute Gasteiger partial charge is 0.494 e. The maximum absolute atomic E-state index is 13.0. The van der Waals surface area contributed by atoms with Crippen molar-refractivity contribution >= 4 is 30.5 Å². The molecule has 3 rings (SSSR count). The Morgan fingerprint density at radius 2 is 1.47 bits per heavy atom. The Hall–Kier alpha value is -3.37. The van der Waals surface area contributed by atoms with E-state index in [1.54, 1.807) is 13.8 Å². The fourth-order valence-corrected chi connectivity index (χ4v) is 3.94. The maximum Gasteiger partial charge on any atom is 0.494 e. The molecule has 0 radical (unpaired) electrons. The van der Waals surface area contributed by atoms with Gasteiger partial charge in [0.1, 0.15) is 18.7 Å². The van der Waals surface area contributed by atoms with Gasteiger partial charge in [0.05, 0.1) is 11.2 Å². The average Bonchev–Trinajstić information content (AvgIpc) is 3.08. The second kappa shape index (κ2) is 12.0. The first-order valence-electron chi connectivity index (χ1n) is 12.8. The summed E-state index contributed by atoms with van der Waals surface area (Å²) in [5, 5.41) is 5.28. The van der Waals surface area contributed by atoms with E-state index in [2.05, 4.69) is 10.6 Å². The predicted molar refractivity (Wildman–Crippen MR) is 145 cm³/mol. The molecule has 2 atom stereocenters. The second-order valence-electron chi connectivity index (χ2n) is 10.9. The Kier molecular flexibility index (Phi) is 9.22. The minimum Gasteiger partial charge on any atom is -0.445 e. The molecule has 1 saturated heterocycles. The van der Waals surface area contributed by atoms with Crippen LogP contribution in [0, 0.1) is 5.92 Å². The van der Waals surface area contributed by atoms with Gasteiger partial charge < -0.3 is 30.4 Å². The molecule has 0 bridgehead atoms. The number of primary amides is 1. The molecule has 0 aromatic heterocycles. The second-order valence-corrected chi connectivity index (χ2v) is 10.9. The lowest BCUT2D eigenvalue weighted by molar-refractivity contribution is -0.129. The summed E-state index contributed by atoms with van der Waals surface area (Å²) in [5.41, 5.74) is 7.18. The number of carbonyl (C=O) groups excluding carboxylic acids is 3. The highest BCUT2D eigenvalue weighted by Crippen LogP contribution is 2.36. The van der Waals surface area contributed by atoms with E-state index in [0.717, 1.165) is 16.6 Å². The van der Waals surface area contributed by atoms with E-state index in [1.807, 2.05) is 82.3 Å². The minimum atomic E-state index is -0.964. The first-order valence-corrected chi connectivity index (χ1v) is 12.8. The van der Waals surface area contributed by atoms with Crippen LogP contribution >= 0.6 is 0 Å². The molecule has 0 aliphatic carbocycles. The molecule has 2 aromatic rings. The van der Waals surface area contributed by atoms with Crippen molar-refractivity contribution in [3.8, 4) is 0 Å². The predicted octanol–water partition coefficient (Wildman–Crippen LogP) is 2.45. The summed E-state index contributed by atoms with van der Waals surface area (Å²) >= 11 is 0. The van der Waals surface area contributed by atoms with Crippen LogP contribution in [-0.2, 0) is 36.7 Å². The van der Waals surface area contributed by atoms with Crippen LogP contribution in [0.25, 0.3) is 0 Å². The number of alkyl carbamates (subject to hydrolysis) is 1. The molecule has 38 heavy (non-hydrogen) atoms. The molecule has 10 heteroatoms. The van der Waals surface area contributed by atoms with Crippen molar-refractivity contribution in [3.05, 3.63) is 65.7 Å². The molecule has 0 unspecified atom stereocenters. The van der Waals surface area contributed by atoms with Gasteiger partial charge in [-0.15, -0.1) is 0 Å². The van der Waals surface area contributed by atoms with Crippen LogP contribution in [0.2, 0.25) is 0 Å². The summed E-state index contributed by atoms with van der Waals surface area (Å²) in [5.74, 6) is -1.45. The summed E-state index contributed by atoms with van der Waals surface area (Å²) in [7, 11) is -0.500. The molecule has 0 spiro atoms. The Morgan fingerprint density at radius 3 is 2.00 bits per heavy atom. The lowest BCUT2D eigenvalue weighted by Crippen LogP contribution is -2.55. The number of nitrogens with two attached hydrogens (primary N) is 1. The smallest absolute Gasteiger partial charge is 0.445 e. The van der Waals surface area contributed by atoms with Gasteiger partial charge >= 0.3 is 13.2 Å².